The van der Waals surface area contributed by atoms with Crippen molar-refractivity contribution in [1.82, 2.24) is 9.21 Å². The number of aryl methyl sites for hydroxylation is 1. The quantitative estimate of drug-likeness (QED) is 0.767. The van der Waals surface area contributed by atoms with E-state index in [0.717, 1.165) is 43.8 Å². The van der Waals surface area contributed by atoms with Crippen molar-refractivity contribution >= 4 is 10.0 Å². The molecule has 0 unspecified atom stereocenters. The van der Waals surface area contributed by atoms with Crippen LogP contribution in [0.25, 0.3) is 0 Å². The van der Waals surface area contributed by atoms with Gasteiger partial charge < -0.3 is 4.90 Å². The predicted octanol–water partition coefficient (Wildman–Crippen LogP) is 4.29. The third-order valence-corrected chi connectivity index (χ3v) is 8.73. The van der Waals surface area contributed by atoms with Gasteiger partial charge in [-0.05, 0) is 81.1 Å². The van der Waals surface area contributed by atoms with Crippen LogP contribution in [0.2, 0.25) is 0 Å². The van der Waals surface area contributed by atoms with Gasteiger partial charge in [-0.1, -0.05) is 32.9 Å². The molecule has 152 valence electrons. The highest BCUT2D eigenvalue weighted by molar-refractivity contribution is 7.89. The molecule has 0 amide bonds. The molecule has 1 aromatic rings. The first kappa shape index (κ1) is 20.8. The van der Waals surface area contributed by atoms with Crippen LogP contribution in [-0.2, 0) is 10.0 Å². The second-order valence-corrected chi connectivity index (χ2v) is 11.6. The zero-order valence-corrected chi connectivity index (χ0v) is 18.4. The summed E-state index contributed by atoms with van der Waals surface area (Å²) in [5.74, 6) is 0.801. The van der Waals surface area contributed by atoms with Crippen molar-refractivity contribution in [3.63, 3.8) is 0 Å². The molecule has 1 aliphatic heterocycles. The highest BCUT2D eigenvalue weighted by atomic mass is 32.2. The first-order valence-electron chi connectivity index (χ1n) is 10.4. The lowest BCUT2D eigenvalue weighted by atomic mass is 9.75. The predicted molar refractivity (Wildman–Crippen MR) is 111 cm³/mol. The van der Waals surface area contributed by atoms with Crippen molar-refractivity contribution in [3.8, 4) is 0 Å². The van der Waals surface area contributed by atoms with Gasteiger partial charge in [-0.3, -0.25) is 0 Å². The summed E-state index contributed by atoms with van der Waals surface area (Å²) >= 11 is 0. The second-order valence-electron chi connectivity index (χ2n) is 9.63. The highest BCUT2D eigenvalue weighted by Crippen LogP contribution is 2.37. The Labute approximate surface area is 166 Å². The van der Waals surface area contributed by atoms with E-state index in [0.29, 0.717) is 16.4 Å². The molecule has 2 fully saturated rings. The second kappa shape index (κ2) is 7.84. The third kappa shape index (κ3) is 4.57. The fourth-order valence-electron chi connectivity index (χ4n) is 4.87. The minimum absolute atomic E-state index is 0.112. The minimum atomic E-state index is -3.41. The molecule has 0 spiro atoms. The Bertz CT molecular complexity index is 746. The molecule has 1 aliphatic carbocycles. The number of nitrogens with zero attached hydrogens (tertiary/aromatic N) is 2. The molecule has 0 aromatic heterocycles. The van der Waals surface area contributed by atoms with Crippen LogP contribution in [-0.4, -0.2) is 49.8 Å². The minimum Gasteiger partial charge on any atom is -0.300 e. The number of rotatable bonds is 4. The molecule has 4 nitrogen and oxygen atoms in total. The largest absolute Gasteiger partial charge is 0.300 e. The van der Waals surface area contributed by atoms with Crippen LogP contribution in [0.3, 0.4) is 0 Å². The van der Waals surface area contributed by atoms with Gasteiger partial charge in [0.1, 0.15) is 0 Å². The van der Waals surface area contributed by atoms with E-state index < -0.39 is 10.0 Å². The monoisotopic (exact) mass is 392 g/mol. The van der Waals surface area contributed by atoms with Gasteiger partial charge in [0.05, 0.1) is 4.90 Å². The molecule has 1 saturated carbocycles. The van der Waals surface area contributed by atoms with E-state index in [-0.39, 0.29) is 6.04 Å². The smallest absolute Gasteiger partial charge is 0.243 e. The molecule has 0 bridgehead atoms. The number of hydrogen-bond donors (Lipinski definition) is 0. The lowest BCUT2D eigenvalue weighted by molar-refractivity contribution is 0.0827. The van der Waals surface area contributed by atoms with Gasteiger partial charge in [-0.25, -0.2) is 8.42 Å². The van der Waals surface area contributed by atoms with Crippen LogP contribution in [0.4, 0.5) is 0 Å². The van der Waals surface area contributed by atoms with Crippen molar-refractivity contribution in [2.24, 2.45) is 11.3 Å². The first-order chi connectivity index (χ1) is 12.6. The number of sulfonamides is 1. The van der Waals surface area contributed by atoms with Gasteiger partial charge in [-0.2, -0.15) is 4.31 Å². The Morgan fingerprint density at radius 3 is 2.33 bits per heavy atom. The van der Waals surface area contributed by atoms with E-state index in [4.69, 9.17) is 0 Å². The van der Waals surface area contributed by atoms with Gasteiger partial charge in [-0.15, -0.1) is 0 Å². The first-order valence-corrected chi connectivity index (χ1v) is 11.8. The maximum atomic E-state index is 13.0. The SMILES string of the molecule is Cc1cccc(S(=O)(=O)N(C)[C@H]2CC[C@@H](N3CCC(C(C)(C)C)CC3)C2)c1. The number of likely N-dealkylation sites (tertiary alicyclic amines) is 1. The van der Waals surface area contributed by atoms with Crippen molar-refractivity contribution in [2.75, 3.05) is 20.1 Å². The number of benzene rings is 1. The zero-order chi connectivity index (χ0) is 19.8. The van der Waals surface area contributed by atoms with Gasteiger partial charge in [0, 0.05) is 19.1 Å². The number of hydrogen-bond acceptors (Lipinski definition) is 3. The van der Waals surface area contributed by atoms with Gasteiger partial charge >= 0.3 is 0 Å². The summed E-state index contributed by atoms with van der Waals surface area (Å²) in [4.78, 5) is 3.04. The van der Waals surface area contributed by atoms with E-state index in [1.165, 1.54) is 12.8 Å². The summed E-state index contributed by atoms with van der Waals surface area (Å²) in [7, 11) is -1.65. The normalized spacial score (nSPS) is 26.0. The Morgan fingerprint density at radius 1 is 1.07 bits per heavy atom. The lowest BCUT2D eigenvalue weighted by Gasteiger charge is -2.41. The maximum absolute atomic E-state index is 13.0. The molecule has 0 radical (unpaired) electrons. The molecule has 5 heteroatoms. The van der Waals surface area contributed by atoms with Crippen LogP contribution in [0, 0.1) is 18.3 Å². The van der Waals surface area contributed by atoms with Crippen molar-refractivity contribution < 1.29 is 8.42 Å². The van der Waals surface area contributed by atoms with E-state index in [1.54, 1.807) is 23.5 Å². The van der Waals surface area contributed by atoms with Gasteiger partial charge in [0.15, 0.2) is 0 Å². The third-order valence-electron chi connectivity index (χ3n) is 6.83. The van der Waals surface area contributed by atoms with E-state index >= 15 is 0 Å². The summed E-state index contributed by atoms with van der Waals surface area (Å²) < 4.78 is 27.7. The molecule has 2 aliphatic rings. The molecular formula is C22H36N2O2S. The molecule has 1 heterocycles. The summed E-state index contributed by atoms with van der Waals surface area (Å²) in [6.07, 6.45) is 5.57. The van der Waals surface area contributed by atoms with E-state index in [1.807, 2.05) is 19.1 Å². The molecular weight excluding hydrogens is 356 g/mol. The Kier molecular flexibility index (Phi) is 6.05. The van der Waals surface area contributed by atoms with E-state index in [9.17, 15) is 8.42 Å². The van der Waals surface area contributed by atoms with Crippen molar-refractivity contribution in [3.05, 3.63) is 29.8 Å². The molecule has 0 N–H and O–H groups in total. The summed E-state index contributed by atoms with van der Waals surface area (Å²) in [5, 5.41) is 0. The Hall–Kier alpha value is -0.910. The highest BCUT2D eigenvalue weighted by Gasteiger charge is 2.38. The van der Waals surface area contributed by atoms with Gasteiger partial charge in [0.2, 0.25) is 10.0 Å². The van der Waals surface area contributed by atoms with Gasteiger partial charge in [0.25, 0.3) is 0 Å². The van der Waals surface area contributed by atoms with Crippen molar-refractivity contribution in [1.29, 1.82) is 0 Å². The van der Waals surface area contributed by atoms with Crippen LogP contribution in [0.15, 0.2) is 29.2 Å². The molecule has 1 saturated heterocycles. The van der Waals surface area contributed by atoms with Crippen LogP contribution >= 0.6 is 0 Å². The topological polar surface area (TPSA) is 40.6 Å². The van der Waals surface area contributed by atoms with E-state index in [2.05, 4.69) is 25.7 Å². The van der Waals surface area contributed by atoms with Crippen LogP contribution < -0.4 is 0 Å². The maximum Gasteiger partial charge on any atom is 0.243 e. The Morgan fingerprint density at radius 2 is 1.74 bits per heavy atom. The van der Waals surface area contributed by atoms with Crippen LogP contribution in [0.1, 0.15) is 58.4 Å². The summed E-state index contributed by atoms with van der Waals surface area (Å²) in [6, 6.07) is 7.89. The average molecular weight is 393 g/mol. The molecule has 3 rings (SSSR count). The molecule has 2 atom stereocenters. The zero-order valence-electron chi connectivity index (χ0n) is 17.6. The Balaban J connectivity index is 1.61. The lowest BCUT2D eigenvalue weighted by Crippen LogP contribution is -2.44. The fraction of sp³-hybridized carbons (Fsp3) is 0.727. The number of piperidine rings is 1. The standard InChI is InChI=1S/C22H36N2O2S/c1-17-7-6-8-21(15-17)27(25,26)23(5)19-9-10-20(16-19)24-13-11-18(12-14-24)22(2,3)4/h6-8,15,18-20H,9-14,16H2,1-5H3/t19-,20+/m0/s1. The average Bonchev–Trinajstić information content (AvgIpc) is 3.10. The summed E-state index contributed by atoms with van der Waals surface area (Å²) in [5.41, 5.74) is 1.38. The van der Waals surface area contributed by atoms with Crippen LogP contribution in [0.5, 0.6) is 0 Å². The molecule has 27 heavy (non-hydrogen) atoms. The summed E-state index contributed by atoms with van der Waals surface area (Å²) in [6.45, 7) is 11.3. The fourth-order valence-corrected chi connectivity index (χ4v) is 6.37. The van der Waals surface area contributed by atoms with Crippen molar-refractivity contribution in [2.45, 2.75) is 76.8 Å². The molecule has 1 aromatic carbocycles.